The quantitative estimate of drug-likeness (QED) is 0.463. The summed E-state index contributed by atoms with van der Waals surface area (Å²) >= 11 is 1.74. The molecule has 1 atom stereocenters. The van der Waals surface area contributed by atoms with Gasteiger partial charge in [-0.1, -0.05) is 13.0 Å². The Morgan fingerprint density at radius 2 is 2.50 bits per heavy atom. The van der Waals surface area contributed by atoms with Crippen molar-refractivity contribution in [2.75, 3.05) is 5.75 Å². The van der Waals surface area contributed by atoms with Gasteiger partial charge in [0.1, 0.15) is 0 Å². The summed E-state index contributed by atoms with van der Waals surface area (Å²) in [7, 11) is 0. The molecule has 8 heavy (non-hydrogen) atoms. The fourth-order valence-corrected chi connectivity index (χ4v) is 0.928. The van der Waals surface area contributed by atoms with Gasteiger partial charge >= 0.3 is 0 Å². The number of hydrogen-bond donors (Lipinski definition) is 1. The van der Waals surface area contributed by atoms with Crippen molar-refractivity contribution in [1.29, 1.82) is 0 Å². The van der Waals surface area contributed by atoms with Crippen molar-refractivity contribution in [3.63, 3.8) is 0 Å². The van der Waals surface area contributed by atoms with Crippen molar-refractivity contribution in [2.24, 2.45) is 5.73 Å². The second kappa shape index (κ2) is 5.19. The summed E-state index contributed by atoms with van der Waals surface area (Å²) in [5.41, 5.74) is 5.57. The van der Waals surface area contributed by atoms with E-state index >= 15 is 0 Å². The minimum Gasteiger partial charge on any atom is -0.319 e. The topological polar surface area (TPSA) is 26.0 Å². The number of rotatable bonds is 4. The van der Waals surface area contributed by atoms with Gasteiger partial charge in [-0.25, -0.2) is 0 Å². The molecule has 0 fully saturated rings. The van der Waals surface area contributed by atoms with Gasteiger partial charge in [-0.15, -0.1) is 18.3 Å². The number of thioether (sulfide) groups is 1. The van der Waals surface area contributed by atoms with E-state index in [1.165, 1.54) is 0 Å². The molecule has 0 unspecified atom stereocenters. The maximum atomic E-state index is 5.57. The molecule has 2 heteroatoms. The molecule has 48 valence electrons. The summed E-state index contributed by atoms with van der Waals surface area (Å²) < 4.78 is 0. The Morgan fingerprint density at radius 3 is 2.88 bits per heavy atom. The molecule has 0 heterocycles. The maximum absolute atomic E-state index is 5.57. The summed E-state index contributed by atoms with van der Waals surface area (Å²) in [6.07, 6.45) is 2.92. The Balaban J connectivity index is 2.97. The highest BCUT2D eigenvalue weighted by Gasteiger charge is 1.93. The molecule has 0 saturated heterocycles. The van der Waals surface area contributed by atoms with Gasteiger partial charge in [0.2, 0.25) is 0 Å². The standard InChI is InChI=1S/C6H13NS/c1-3-5-8-6(7)4-2/h3,6H,1,4-5,7H2,2H3/t6-/m1/s1. The van der Waals surface area contributed by atoms with Crippen LogP contribution in [0.2, 0.25) is 0 Å². The summed E-state index contributed by atoms with van der Waals surface area (Å²) in [6, 6.07) is 0. The van der Waals surface area contributed by atoms with Gasteiger partial charge in [0.05, 0.1) is 5.37 Å². The first-order valence-electron chi connectivity index (χ1n) is 2.79. The van der Waals surface area contributed by atoms with Crippen molar-refractivity contribution in [1.82, 2.24) is 0 Å². The molecule has 0 aromatic carbocycles. The molecular formula is C6H13NS. The smallest absolute Gasteiger partial charge is 0.0507 e. The molecule has 0 aliphatic heterocycles. The second-order valence-electron chi connectivity index (χ2n) is 1.57. The molecule has 0 aliphatic carbocycles. The van der Waals surface area contributed by atoms with Gasteiger partial charge in [-0.3, -0.25) is 0 Å². The lowest BCUT2D eigenvalue weighted by atomic mass is 10.5. The second-order valence-corrected chi connectivity index (χ2v) is 2.84. The Morgan fingerprint density at radius 1 is 1.88 bits per heavy atom. The van der Waals surface area contributed by atoms with Gasteiger partial charge in [0.15, 0.2) is 0 Å². The van der Waals surface area contributed by atoms with E-state index in [2.05, 4.69) is 13.5 Å². The average molecular weight is 131 g/mol. The van der Waals surface area contributed by atoms with Gasteiger partial charge < -0.3 is 5.73 Å². The first kappa shape index (κ1) is 8.05. The predicted octanol–water partition coefficient (Wildman–Crippen LogP) is 1.60. The molecule has 0 saturated carbocycles. The van der Waals surface area contributed by atoms with E-state index in [1.54, 1.807) is 11.8 Å². The van der Waals surface area contributed by atoms with E-state index in [9.17, 15) is 0 Å². The normalized spacial score (nSPS) is 13.2. The molecular weight excluding hydrogens is 118 g/mol. The van der Waals surface area contributed by atoms with E-state index in [0.29, 0.717) is 5.37 Å². The minimum atomic E-state index is 0.299. The number of nitrogens with two attached hydrogens (primary N) is 1. The van der Waals surface area contributed by atoms with E-state index < -0.39 is 0 Å². The fraction of sp³-hybridized carbons (Fsp3) is 0.667. The Kier molecular flexibility index (Phi) is 5.22. The summed E-state index contributed by atoms with van der Waals surface area (Å²) in [4.78, 5) is 0. The van der Waals surface area contributed by atoms with Crippen molar-refractivity contribution in [3.8, 4) is 0 Å². The van der Waals surface area contributed by atoms with Gasteiger partial charge in [-0.2, -0.15) is 0 Å². The third kappa shape index (κ3) is 4.22. The molecule has 0 radical (unpaired) electrons. The molecule has 1 nitrogen and oxygen atoms in total. The zero-order valence-electron chi connectivity index (χ0n) is 5.26. The van der Waals surface area contributed by atoms with Crippen LogP contribution in [0.5, 0.6) is 0 Å². The molecule has 0 aromatic rings. The molecule has 0 amide bonds. The van der Waals surface area contributed by atoms with Crippen molar-refractivity contribution < 1.29 is 0 Å². The van der Waals surface area contributed by atoms with E-state index in [0.717, 1.165) is 12.2 Å². The van der Waals surface area contributed by atoms with Gasteiger partial charge in [0, 0.05) is 5.75 Å². The highest BCUT2D eigenvalue weighted by molar-refractivity contribution is 7.99. The van der Waals surface area contributed by atoms with Crippen LogP contribution in [0, 0.1) is 0 Å². The van der Waals surface area contributed by atoms with Gasteiger partial charge in [0.25, 0.3) is 0 Å². The largest absolute Gasteiger partial charge is 0.319 e. The minimum absolute atomic E-state index is 0.299. The van der Waals surface area contributed by atoms with Gasteiger partial charge in [-0.05, 0) is 6.42 Å². The zero-order valence-corrected chi connectivity index (χ0v) is 6.08. The Labute approximate surface area is 55.3 Å². The first-order chi connectivity index (χ1) is 3.81. The lowest BCUT2D eigenvalue weighted by Crippen LogP contribution is -2.13. The SMILES string of the molecule is C=CCS[C@@H](N)CC. The van der Waals surface area contributed by atoms with Crippen molar-refractivity contribution in [2.45, 2.75) is 18.7 Å². The first-order valence-corrected chi connectivity index (χ1v) is 3.84. The molecule has 0 bridgehead atoms. The maximum Gasteiger partial charge on any atom is 0.0507 e. The van der Waals surface area contributed by atoms with Crippen LogP contribution in [-0.2, 0) is 0 Å². The van der Waals surface area contributed by atoms with Crippen LogP contribution >= 0.6 is 11.8 Å². The Bertz CT molecular complexity index is 63.5. The van der Waals surface area contributed by atoms with Crippen LogP contribution in [0.25, 0.3) is 0 Å². The van der Waals surface area contributed by atoms with Crippen LogP contribution < -0.4 is 5.73 Å². The monoisotopic (exact) mass is 131 g/mol. The average Bonchev–Trinajstić information content (AvgIpc) is 1.83. The van der Waals surface area contributed by atoms with Crippen molar-refractivity contribution >= 4 is 11.8 Å². The fourth-order valence-electron chi connectivity index (χ4n) is 0.309. The van der Waals surface area contributed by atoms with Crippen LogP contribution in [0.3, 0.4) is 0 Å². The third-order valence-electron chi connectivity index (χ3n) is 0.831. The zero-order chi connectivity index (χ0) is 6.41. The van der Waals surface area contributed by atoms with Crippen LogP contribution in [0.4, 0.5) is 0 Å². The molecule has 0 aliphatic rings. The lowest BCUT2D eigenvalue weighted by Gasteiger charge is -2.03. The Hall–Kier alpha value is 0.0500. The molecule has 0 rings (SSSR count). The van der Waals surface area contributed by atoms with Crippen LogP contribution in [0.15, 0.2) is 12.7 Å². The van der Waals surface area contributed by atoms with E-state index in [-0.39, 0.29) is 0 Å². The highest BCUT2D eigenvalue weighted by Crippen LogP contribution is 2.07. The highest BCUT2D eigenvalue weighted by atomic mass is 32.2. The summed E-state index contributed by atoms with van der Waals surface area (Å²) in [6.45, 7) is 5.67. The predicted molar refractivity (Wildman–Crippen MR) is 40.9 cm³/mol. The van der Waals surface area contributed by atoms with E-state index in [4.69, 9.17) is 5.73 Å². The summed E-state index contributed by atoms with van der Waals surface area (Å²) in [5, 5.41) is 0.299. The third-order valence-corrected chi connectivity index (χ3v) is 2.02. The van der Waals surface area contributed by atoms with E-state index in [1.807, 2.05) is 6.08 Å². The molecule has 2 N–H and O–H groups in total. The summed E-state index contributed by atoms with van der Waals surface area (Å²) in [5.74, 6) is 0.967. The lowest BCUT2D eigenvalue weighted by molar-refractivity contribution is 0.870. The number of hydrogen-bond acceptors (Lipinski definition) is 2. The van der Waals surface area contributed by atoms with Crippen molar-refractivity contribution in [3.05, 3.63) is 12.7 Å². The molecule has 0 aromatic heterocycles. The van der Waals surface area contributed by atoms with Crippen LogP contribution in [0.1, 0.15) is 13.3 Å². The molecule has 0 spiro atoms. The van der Waals surface area contributed by atoms with Crippen LogP contribution in [-0.4, -0.2) is 11.1 Å².